The number of aryl methyl sites for hydroxylation is 1. The summed E-state index contributed by atoms with van der Waals surface area (Å²) in [6, 6.07) is 22.2. The van der Waals surface area contributed by atoms with Crippen molar-refractivity contribution in [3.05, 3.63) is 94.0 Å². The van der Waals surface area contributed by atoms with Crippen LogP contribution in [0.1, 0.15) is 18.1 Å². The average Bonchev–Trinajstić information content (AvgIpc) is 3.07. The Balaban J connectivity index is 1.54. The van der Waals surface area contributed by atoms with Crippen LogP contribution >= 0.6 is 15.9 Å². The minimum Gasteiger partial charge on any atom is -0.483 e. The number of hydrogen-bond acceptors (Lipinski definition) is 4. The molecule has 1 N–H and O–H groups in total. The fourth-order valence-corrected chi connectivity index (χ4v) is 3.78. The molecule has 2 amide bonds. The maximum atomic E-state index is 13.1. The summed E-state index contributed by atoms with van der Waals surface area (Å²) in [7, 11) is 0. The van der Waals surface area contributed by atoms with Crippen molar-refractivity contribution in [2.24, 2.45) is 5.10 Å². The third kappa shape index (κ3) is 5.38. The number of rotatable bonds is 6. The van der Waals surface area contributed by atoms with Crippen molar-refractivity contribution in [2.45, 2.75) is 13.8 Å². The zero-order valence-corrected chi connectivity index (χ0v) is 19.8. The van der Waals surface area contributed by atoms with Gasteiger partial charge in [-0.05, 0) is 68.0 Å². The summed E-state index contributed by atoms with van der Waals surface area (Å²) in [4.78, 5) is 25.4. The van der Waals surface area contributed by atoms with Crippen LogP contribution in [0.4, 0.5) is 11.4 Å². The molecule has 1 heterocycles. The highest BCUT2D eigenvalue weighted by Gasteiger charge is 2.29. The van der Waals surface area contributed by atoms with E-state index in [4.69, 9.17) is 4.74 Å². The van der Waals surface area contributed by atoms with E-state index in [1.807, 2.05) is 61.5 Å². The molecule has 0 bridgehead atoms. The van der Waals surface area contributed by atoms with Crippen molar-refractivity contribution in [1.29, 1.82) is 0 Å². The molecular formula is C26H22BrN3O3. The number of nitrogens with one attached hydrogen (secondary N) is 1. The summed E-state index contributed by atoms with van der Waals surface area (Å²) in [5, 5.41) is 8.64. The Hall–Kier alpha value is -3.71. The van der Waals surface area contributed by atoms with Gasteiger partial charge in [0.1, 0.15) is 5.75 Å². The van der Waals surface area contributed by atoms with E-state index in [1.54, 1.807) is 31.2 Å². The SMILES string of the molecule is CC1=NN(c2cccc(C)c2)C(=O)C1=Cc1cc(Br)ccc1OCC(=O)Nc1ccccc1. The maximum absolute atomic E-state index is 13.1. The third-order valence-corrected chi connectivity index (χ3v) is 5.49. The topological polar surface area (TPSA) is 71.0 Å². The van der Waals surface area contributed by atoms with E-state index < -0.39 is 0 Å². The number of ether oxygens (including phenoxy) is 1. The number of para-hydroxylation sites is 1. The van der Waals surface area contributed by atoms with Gasteiger partial charge in [-0.25, -0.2) is 0 Å². The van der Waals surface area contributed by atoms with Gasteiger partial charge in [0.05, 0.1) is 17.0 Å². The first kappa shape index (κ1) is 22.5. The molecule has 3 aromatic carbocycles. The van der Waals surface area contributed by atoms with Gasteiger partial charge in [0.25, 0.3) is 11.8 Å². The lowest BCUT2D eigenvalue weighted by Crippen LogP contribution is -2.21. The van der Waals surface area contributed by atoms with Gasteiger partial charge < -0.3 is 10.1 Å². The second-order valence-electron chi connectivity index (χ2n) is 7.58. The lowest BCUT2D eigenvalue weighted by atomic mass is 10.1. The molecule has 0 fully saturated rings. The largest absolute Gasteiger partial charge is 0.483 e. The van der Waals surface area contributed by atoms with E-state index in [2.05, 4.69) is 26.3 Å². The molecule has 0 aliphatic carbocycles. The van der Waals surface area contributed by atoms with E-state index in [1.165, 1.54) is 5.01 Å². The molecule has 1 aliphatic heterocycles. The summed E-state index contributed by atoms with van der Waals surface area (Å²) in [6.07, 6.45) is 1.74. The molecule has 3 aromatic rings. The Morgan fingerprint density at radius 1 is 1.06 bits per heavy atom. The van der Waals surface area contributed by atoms with Gasteiger partial charge >= 0.3 is 0 Å². The van der Waals surface area contributed by atoms with Crippen LogP contribution in [0.3, 0.4) is 0 Å². The lowest BCUT2D eigenvalue weighted by Gasteiger charge is -2.13. The van der Waals surface area contributed by atoms with Gasteiger partial charge in [0.2, 0.25) is 0 Å². The summed E-state index contributed by atoms with van der Waals surface area (Å²) < 4.78 is 6.62. The van der Waals surface area contributed by atoms with Crippen LogP contribution in [-0.2, 0) is 9.59 Å². The maximum Gasteiger partial charge on any atom is 0.280 e. The quantitative estimate of drug-likeness (QED) is 0.446. The van der Waals surface area contributed by atoms with Crippen molar-refractivity contribution < 1.29 is 14.3 Å². The standard InChI is InChI=1S/C26H22BrN3O3/c1-17-7-6-10-22(13-17)30-26(32)23(18(2)29-30)15-19-14-20(27)11-12-24(19)33-16-25(31)28-21-8-4-3-5-9-21/h3-15H,16H2,1-2H3,(H,28,31). The molecule has 4 rings (SSSR count). The zero-order valence-electron chi connectivity index (χ0n) is 18.2. The zero-order chi connectivity index (χ0) is 23.4. The van der Waals surface area contributed by atoms with Crippen LogP contribution in [0.2, 0.25) is 0 Å². The molecule has 0 saturated heterocycles. The van der Waals surface area contributed by atoms with E-state index >= 15 is 0 Å². The Bertz CT molecular complexity index is 1270. The Kier molecular flexibility index (Phi) is 6.70. The highest BCUT2D eigenvalue weighted by molar-refractivity contribution is 9.10. The Morgan fingerprint density at radius 3 is 2.61 bits per heavy atom. The molecule has 33 heavy (non-hydrogen) atoms. The Morgan fingerprint density at radius 2 is 1.85 bits per heavy atom. The summed E-state index contributed by atoms with van der Waals surface area (Å²) in [6.45, 7) is 3.60. The van der Waals surface area contributed by atoms with Gasteiger partial charge in [0, 0.05) is 15.7 Å². The molecule has 0 spiro atoms. The first-order chi connectivity index (χ1) is 15.9. The number of hydrogen-bond donors (Lipinski definition) is 1. The predicted octanol–water partition coefficient (Wildman–Crippen LogP) is 5.58. The number of hydrazone groups is 1. The highest BCUT2D eigenvalue weighted by Crippen LogP contribution is 2.30. The smallest absolute Gasteiger partial charge is 0.280 e. The number of benzene rings is 3. The van der Waals surface area contributed by atoms with Crippen molar-refractivity contribution in [2.75, 3.05) is 16.9 Å². The van der Waals surface area contributed by atoms with Gasteiger partial charge in [-0.15, -0.1) is 0 Å². The highest BCUT2D eigenvalue weighted by atomic mass is 79.9. The van der Waals surface area contributed by atoms with Crippen LogP contribution in [-0.4, -0.2) is 24.1 Å². The van der Waals surface area contributed by atoms with Gasteiger partial charge in [-0.3, -0.25) is 9.59 Å². The number of halogens is 1. The molecule has 6 nitrogen and oxygen atoms in total. The number of amides is 2. The van der Waals surface area contributed by atoms with Crippen molar-refractivity contribution in [3.8, 4) is 5.75 Å². The fourth-order valence-electron chi connectivity index (χ4n) is 3.40. The van der Waals surface area contributed by atoms with Gasteiger partial charge in [-0.1, -0.05) is 46.3 Å². The monoisotopic (exact) mass is 503 g/mol. The molecule has 0 unspecified atom stereocenters. The first-order valence-corrected chi connectivity index (χ1v) is 11.2. The molecule has 1 aliphatic rings. The van der Waals surface area contributed by atoms with E-state index in [0.29, 0.717) is 34.0 Å². The van der Waals surface area contributed by atoms with E-state index in [-0.39, 0.29) is 18.4 Å². The number of anilines is 2. The minimum absolute atomic E-state index is 0.164. The Labute approximate surface area is 200 Å². The molecule has 0 aromatic heterocycles. The average molecular weight is 504 g/mol. The molecule has 0 atom stereocenters. The molecule has 0 radical (unpaired) electrons. The number of carbonyl (C=O) groups excluding carboxylic acids is 2. The van der Waals surface area contributed by atoms with Crippen LogP contribution in [0.25, 0.3) is 6.08 Å². The third-order valence-electron chi connectivity index (χ3n) is 5.00. The van der Waals surface area contributed by atoms with Crippen LogP contribution < -0.4 is 15.1 Å². The summed E-state index contributed by atoms with van der Waals surface area (Å²) in [5.41, 5.74) is 4.19. The number of nitrogens with zero attached hydrogens (tertiary/aromatic N) is 2. The predicted molar refractivity (Wildman–Crippen MR) is 134 cm³/mol. The van der Waals surface area contributed by atoms with Crippen molar-refractivity contribution in [1.82, 2.24) is 0 Å². The lowest BCUT2D eigenvalue weighted by molar-refractivity contribution is -0.118. The molecule has 0 saturated carbocycles. The summed E-state index contributed by atoms with van der Waals surface area (Å²) in [5.74, 6) is -0.00241. The second-order valence-corrected chi connectivity index (χ2v) is 8.50. The van der Waals surface area contributed by atoms with Crippen molar-refractivity contribution >= 4 is 50.9 Å². The van der Waals surface area contributed by atoms with Gasteiger partial charge in [0.15, 0.2) is 6.61 Å². The normalized spacial score (nSPS) is 14.4. The van der Waals surface area contributed by atoms with Crippen LogP contribution in [0, 0.1) is 6.92 Å². The summed E-state index contributed by atoms with van der Waals surface area (Å²) >= 11 is 3.47. The fraction of sp³-hybridized carbons (Fsp3) is 0.115. The van der Waals surface area contributed by atoms with Crippen molar-refractivity contribution in [3.63, 3.8) is 0 Å². The first-order valence-electron chi connectivity index (χ1n) is 10.4. The molecule has 166 valence electrons. The molecular weight excluding hydrogens is 482 g/mol. The van der Waals surface area contributed by atoms with E-state index in [0.717, 1.165) is 10.0 Å². The number of carbonyl (C=O) groups is 2. The van der Waals surface area contributed by atoms with E-state index in [9.17, 15) is 9.59 Å². The van der Waals surface area contributed by atoms with Gasteiger partial charge in [-0.2, -0.15) is 10.1 Å². The van der Waals surface area contributed by atoms with Crippen LogP contribution in [0.15, 0.2) is 87.9 Å². The second kappa shape index (κ2) is 9.83. The molecule has 7 heteroatoms. The van der Waals surface area contributed by atoms with Crippen LogP contribution in [0.5, 0.6) is 5.75 Å². The minimum atomic E-state index is -0.275.